The molecule has 0 amide bonds. The molecule has 1 saturated heterocycles. The van der Waals surface area contributed by atoms with E-state index in [9.17, 15) is 9.90 Å². The predicted octanol–water partition coefficient (Wildman–Crippen LogP) is 1.45. The van der Waals surface area contributed by atoms with E-state index in [-0.39, 0.29) is 29.0 Å². The third-order valence-corrected chi connectivity index (χ3v) is 3.61. The molecule has 1 aliphatic carbocycles. The molecule has 0 aromatic heterocycles. The SMILES string of the molecule is CC(=O)C=CC12OC1CC(O)CC2(C)C. The summed E-state index contributed by atoms with van der Waals surface area (Å²) in [6.07, 6.45) is 4.70. The van der Waals surface area contributed by atoms with E-state index in [1.54, 1.807) is 6.08 Å². The monoisotopic (exact) mass is 210 g/mol. The Bertz CT molecular complexity index is 319. The molecule has 1 aliphatic heterocycles. The first-order valence-electron chi connectivity index (χ1n) is 5.43. The highest BCUT2D eigenvalue weighted by Gasteiger charge is 2.66. The smallest absolute Gasteiger partial charge is 0.152 e. The van der Waals surface area contributed by atoms with Crippen molar-refractivity contribution < 1.29 is 14.6 Å². The Morgan fingerprint density at radius 1 is 1.53 bits per heavy atom. The molecule has 2 aliphatic rings. The lowest BCUT2D eigenvalue weighted by Gasteiger charge is -2.36. The normalized spacial score (nSPS) is 42.7. The van der Waals surface area contributed by atoms with Gasteiger partial charge >= 0.3 is 0 Å². The van der Waals surface area contributed by atoms with Gasteiger partial charge in [0, 0.05) is 11.8 Å². The number of allylic oxidation sites excluding steroid dienone is 1. The highest BCUT2D eigenvalue weighted by atomic mass is 16.6. The maximum absolute atomic E-state index is 10.9. The average molecular weight is 210 g/mol. The molecule has 0 radical (unpaired) electrons. The molecule has 3 heteroatoms. The van der Waals surface area contributed by atoms with Crippen LogP contribution >= 0.6 is 0 Å². The third-order valence-electron chi connectivity index (χ3n) is 3.61. The molecule has 0 aromatic carbocycles. The van der Waals surface area contributed by atoms with E-state index in [1.807, 2.05) is 6.08 Å². The minimum Gasteiger partial charge on any atom is -0.393 e. The lowest BCUT2D eigenvalue weighted by Crippen LogP contribution is -2.41. The van der Waals surface area contributed by atoms with Gasteiger partial charge in [-0.1, -0.05) is 13.8 Å². The van der Waals surface area contributed by atoms with Crippen LogP contribution < -0.4 is 0 Å². The van der Waals surface area contributed by atoms with Gasteiger partial charge in [-0.3, -0.25) is 4.79 Å². The van der Waals surface area contributed by atoms with Gasteiger partial charge in [-0.25, -0.2) is 0 Å². The number of ether oxygens (including phenoxy) is 1. The summed E-state index contributed by atoms with van der Waals surface area (Å²) in [5.41, 5.74) is -0.404. The molecule has 2 fully saturated rings. The summed E-state index contributed by atoms with van der Waals surface area (Å²) < 4.78 is 5.70. The van der Waals surface area contributed by atoms with E-state index in [4.69, 9.17) is 4.74 Å². The number of ketones is 1. The molecule has 1 heterocycles. The Kier molecular flexibility index (Phi) is 2.28. The Morgan fingerprint density at radius 2 is 2.20 bits per heavy atom. The average Bonchev–Trinajstić information content (AvgIpc) is 2.75. The molecule has 1 saturated carbocycles. The van der Waals surface area contributed by atoms with E-state index < -0.39 is 0 Å². The van der Waals surface area contributed by atoms with E-state index in [1.165, 1.54) is 6.92 Å². The van der Waals surface area contributed by atoms with Crippen molar-refractivity contribution in [2.24, 2.45) is 5.41 Å². The first-order valence-corrected chi connectivity index (χ1v) is 5.43. The van der Waals surface area contributed by atoms with Gasteiger partial charge in [0.05, 0.1) is 12.2 Å². The highest BCUT2D eigenvalue weighted by Crippen LogP contribution is 2.58. The van der Waals surface area contributed by atoms with Crippen molar-refractivity contribution in [3.05, 3.63) is 12.2 Å². The lowest BCUT2D eigenvalue weighted by molar-refractivity contribution is -0.112. The molecule has 0 spiro atoms. The van der Waals surface area contributed by atoms with Crippen LogP contribution in [0, 0.1) is 5.41 Å². The van der Waals surface area contributed by atoms with Crippen molar-refractivity contribution in [3.63, 3.8) is 0 Å². The fourth-order valence-corrected chi connectivity index (χ4v) is 2.71. The fraction of sp³-hybridized carbons (Fsp3) is 0.750. The molecule has 2 rings (SSSR count). The van der Waals surface area contributed by atoms with Crippen molar-refractivity contribution in [3.8, 4) is 0 Å². The van der Waals surface area contributed by atoms with Gasteiger partial charge in [0.15, 0.2) is 5.78 Å². The lowest BCUT2D eigenvalue weighted by atomic mass is 9.67. The number of epoxide rings is 1. The second-order valence-electron chi connectivity index (χ2n) is 5.32. The Morgan fingerprint density at radius 3 is 2.73 bits per heavy atom. The Labute approximate surface area is 90.1 Å². The summed E-state index contributed by atoms with van der Waals surface area (Å²) >= 11 is 0. The van der Waals surface area contributed by atoms with Crippen molar-refractivity contribution in [1.29, 1.82) is 0 Å². The largest absolute Gasteiger partial charge is 0.393 e. The minimum absolute atomic E-state index is 0.0422. The number of carbonyl (C=O) groups excluding carboxylic acids is 1. The van der Waals surface area contributed by atoms with Gasteiger partial charge in [0.25, 0.3) is 0 Å². The van der Waals surface area contributed by atoms with Crippen LogP contribution in [0.2, 0.25) is 0 Å². The third kappa shape index (κ3) is 1.64. The molecule has 3 unspecified atom stereocenters. The summed E-state index contributed by atoms with van der Waals surface area (Å²) in [4.78, 5) is 10.9. The first kappa shape index (κ1) is 10.8. The summed E-state index contributed by atoms with van der Waals surface area (Å²) in [6, 6.07) is 0. The number of rotatable bonds is 2. The van der Waals surface area contributed by atoms with Crippen molar-refractivity contribution in [1.82, 2.24) is 0 Å². The van der Waals surface area contributed by atoms with Crippen molar-refractivity contribution >= 4 is 5.78 Å². The minimum atomic E-state index is -0.308. The highest BCUT2D eigenvalue weighted by molar-refractivity contribution is 5.87. The van der Waals surface area contributed by atoms with Crippen molar-refractivity contribution in [2.45, 2.75) is 51.4 Å². The standard InChI is InChI=1S/C12H18O3/c1-8(13)4-5-12-10(15-12)6-9(14)7-11(12,2)3/h4-5,9-10,14H,6-7H2,1-3H3. The van der Waals surface area contributed by atoms with Crippen LogP contribution in [0.25, 0.3) is 0 Å². The van der Waals surface area contributed by atoms with Crippen LogP contribution in [0.3, 0.4) is 0 Å². The zero-order valence-electron chi connectivity index (χ0n) is 9.49. The van der Waals surface area contributed by atoms with Gasteiger partial charge in [-0.15, -0.1) is 0 Å². The number of aliphatic hydroxyl groups is 1. The number of hydrogen-bond acceptors (Lipinski definition) is 3. The molecular weight excluding hydrogens is 192 g/mol. The molecule has 1 N–H and O–H groups in total. The molecular formula is C12H18O3. The number of fused-ring (bicyclic) bond motifs is 1. The molecule has 3 nitrogen and oxygen atoms in total. The van der Waals surface area contributed by atoms with Crippen LogP contribution in [0.4, 0.5) is 0 Å². The molecule has 0 aromatic rings. The summed E-state index contributed by atoms with van der Waals surface area (Å²) in [6.45, 7) is 5.70. The Balaban J connectivity index is 2.20. The van der Waals surface area contributed by atoms with Crippen molar-refractivity contribution in [2.75, 3.05) is 0 Å². The first-order chi connectivity index (χ1) is 6.87. The van der Waals surface area contributed by atoms with E-state index >= 15 is 0 Å². The number of aliphatic hydroxyl groups excluding tert-OH is 1. The quantitative estimate of drug-likeness (QED) is 0.554. The number of hydrogen-bond donors (Lipinski definition) is 1. The number of carbonyl (C=O) groups is 1. The maximum atomic E-state index is 10.9. The van der Waals surface area contributed by atoms with E-state index in [2.05, 4.69) is 13.8 Å². The van der Waals surface area contributed by atoms with Gasteiger partial charge in [0.2, 0.25) is 0 Å². The molecule has 84 valence electrons. The summed E-state index contributed by atoms with van der Waals surface area (Å²) in [7, 11) is 0. The van der Waals surface area contributed by atoms with Crippen LogP contribution in [0.15, 0.2) is 12.2 Å². The molecule has 3 atom stereocenters. The zero-order chi connectivity index (χ0) is 11.3. The maximum Gasteiger partial charge on any atom is 0.152 e. The van der Waals surface area contributed by atoms with E-state index in [0.29, 0.717) is 6.42 Å². The summed E-state index contributed by atoms with van der Waals surface area (Å²) in [5.74, 6) is 0.0422. The van der Waals surface area contributed by atoms with Gasteiger partial charge in [-0.2, -0.15) is 0 Å². The second-order valence-corrected chi connectivity index (χ2v) is 5.32. The van der Waals surface area contributed by atoms with E-state index in [0.717, 1.165) is 6.42 Å². The predicted molar refractivity (Wildman–Crippen MR) is 56.4 cm³/mol. The Hall–Kier alpha value is -0.670. The fourth-order valence-electron chi connectivity index (χ4n) is 2.71. The van der Waals surface area contributed by atoms with Gasteiger partial charge in [-0.05, 0) is 25.5 Å². The van der Waals surface area contributed by atoms with Crippen LogP contribution in [0.5, 0.6) is 0 Å². The van der Waals surface area contributed by atoms with Crippen LogP contribution in [-0.2, 0) is 9.53 Å². The van der Waals surface area contributed by atoms with Gasteiger partial charge < -0.3 is 9.84 Å². The van der Waals surface area contributed by atoms with Crippen LogP contribution in [-0.4, -0.2) is 28.7 Å². The van der Waals surface area contributed by atoms with Gasteiger partial charge in [0.1, 0.15) is 5.60 Å². The summed E-state index contributed by atoms with van der Waals surface area (Å²) in [5, 5.41) is 9.66. The topological polar surface area (TPSA) is 49.8 Å². The second kappa shape index (κ2) is 3.16. The molecule has 0 bridgehead atoms. The zero-order valence-corrected chi connectivity index (χ0v) is 9.49. The van der Waals surface area contributed by atoms with Crippen LogP contribution in [0.1, 0.15) is 33.6 Å². The molecule has 15 heavy (non-hydrogen) atoms.